The van der Waals surface area contributed by atoms with Gasteiger partial charge in [-0.3, -0.25) is 0 Å². The summed E-state index contributed by atoms with van der Waals surface area (Å²) >= 11 is 0. The maximum absolute atomic E-state index is 2.34. The van der Waals surface area contributed by atoms with Gasteiger partial charge in [0.2, 0.25) is 0 Å². The summed E-state index contributed by atoms with van der Waals surface area (Å²) in [6, 6.07) is 15.8. The average molecular weight is 276 g/mol. The lowest BCUT2D eigenvalue weighted by Gasteiger charge is -2.08. The minimum atomic E-state index is 1.14. The van der Waals surface area contributed by atoms with Crippen LogP contribution < -0.4 is 10.9 Å². The Labute approximate surface area is 129 Å². The maximum Gasteiger partial charge on any atom is 0.194 e. The Morgan fingerprint density at radius 2 is 1.52 bits per heavy atom. The van der Waals surface area contributed by atoms with Crippen LogP contribution in [0, 0.1) is 0 Å². The zero-order chi connectivity index (χ0) is 14.5. The summed E-state index contributed by atoms with van der Waals surface area (Å²) in [5.74, 6) is 0. The van der Waals surface area contributed by atoms with Crippen molar-refractivity contribution in [2.75, 3.05) is 0 Å². The van der Waals surface area contributed by atoms with E-state index in [2.05, 4.69) is 49.4 Å². The number of hydrogen-bond donors (Lipinski definition) is 0. The van der Waals surface area contributed by atoms with Crippen LogP contribution in [0.5, 0.6) is 0 Å². The molecule has 108 valence electrons. The lowest BCUT2D eigenvalue weighted by Crippen LogP contribution is -2.24. The van der Waals surface area contributed by atoms with E-state index in [-0.39, 0.29) is 0 Å². The van der Waals surface area contributed by atoms with Gasteiger partial charge in [0.15, 0.2) is 7.28 Å². The third-order valence-electron chi connectivity index (χ3n) is 4.75. The third-order valence-corrected chi connectivity index (χ3v) is 4.75. The summed E-state index contributed by atoms with van der Waals surface area (Å²) in [6.07, 6.45) is 9.54. The molecule has 0 nitrogen and oxygen atoms in total. The van der Waals surface area contributed by atoms with Crippen molar-refractivity contribution in [3.05, 3.63) is 48.0 Å². The molecule has 1 aliphatic heterocycles. The second-order valence-electron chi connectivity index (χ2n) is 6.29. The molecule has 1 heteroatoms. The number of benzene rings is 2. The Kier molecular flexibility index (Phi) is 4.80. The first-order chi connectivity index (χ1) is 10.4. The molecule has 0 spiro atoms. The molecule has 0 aliphatic carbocycles. The molecule has 2 aromatic rings. The topological polar surface area (TPSA) is 0 Å². The van der Waals surface area contributed by atoms with E-state index in [1.807, 2.05) is 0 Å². The molecule has 0 bridgehead atoms. The first-order valence-corrected chi connectivity index (χ1v) is 8.59. The van der Waals surface area contributed by atoms with Crippen molar-refractivity contribution >= 4 is 18.2 Å². The van der Waals surface area contributed by atoms with Gasteiger partial charge < -0.3 is 0 Å². The molecular weight excluding hydrogens is 251 g/mol. The summed E-state index contributed by atoms with van der Waals surface area (Å²) in [5.41, 5.74) is 7.61. The van der Waals surface area contributed by atoms with Crippen LogP contribution in [0.25, 0.3) is 11.1 Å². The molecule has 0 N–H and O–H groups in total. The van der Waals surface area contributed by atoms with Crippen LogP contribution in [0.3, 0.4) is 0 Å². The summed E-state index contributed by atoms with van der Waals surface area (Å²) < 4.78 is 0. The normalized spacial score (nSPS) is 11.9. The van der Waals surface area contributed by atoms with Gasteiger partial charge in [-0.25, -0.2) is 0 Å². The predicted molar refractivity (Wildman–Crippen MR) is 95.4 cm³/mol. The fourth-order valence-corrected chi connectivity index (χ4v) is 3.55. The highest BCUT2D eigenvalue weighted by molar-refractivity contribution is 6.73. The van der Waals surface area contributed by atoms with Crippen molar-refractivity contribution in [1.29, 1.82) is 0 Å². The Bertz CT molecular complexity index is 601. The van der Waals surface area contributed by atoms with Gasteiger partial charge in [-0.2, -0.15) is 0 Å². The second kappa shape index (κ2) is 6.98. The molecular formula is C20H25B. The van der Waals surface area contributed by atoms with Gasteiger partial charge in [-0.05, 0) is 24.0 Å². The smallest absolute Gasteiger partial charge is 0.0709 e. The van der Waals surface area contributed by atoms with Gasteiger partial charge in [0, 0.05) is 0 Å². The number of rotatable bonds is 7. The van der Waals surface area contributed by atoms with Gasteiger partial charge in [-0.15, -0.1) is 0 Å². The van der Waals surface area contributed by atoms with Crippen molar-refractivity contribution in [2.45, 2.75) is 51.9 Å². The average Bonchev–Trinajstić information content (AvgIpc) is 2.90. The van der Waals surface area contributed by atoms with Crippen molar-refractivity contribution < 1.29 is 0 Å². The van der Waals surface area contributed by atoms with Crippen LogP contribution in [-0.4, -0.2) is 7.28 Å². The molecule has 0 radical (unpaired) electrons. The lowest BCUT2D eigenvalue weighted by molar-refractivity contribution is 0.608. The van der Waals surface area contributed by atoms with Crippen LogP contribution in [0.2, 0.25) is 0 Å². The van der Waals surface area contributed by atoms with E-state index in [4.69, 9.17) is 0 Å². The Morgan fingerprint density at radius 3 is 2.43 bits per heavy atom. The monoisotopic (exact) mass is 276 g/mol. The van der Waals surface area contributed by atoms with Crippen molar-refractivity contribution in [3.63, 3.8) is 0 Å². The van der Waals surface area contributed by atoms with E-state index in [1.54, 1.807) is 11.0 Å². The quantitative estimate of drug-likeness (QED) is 0.452. The van der Waals surface area contributed by atoms with E-state index in [0.29, 0.717) is 0 Å². The molecule has 21 heavy (non-hydrogen) atoms. The number of aryl methyl sites for hydroxylation is 1. The van der Waals surface area contributed by atoms with Crippen molar-refractivity contribution in [3.8, 4) is 11.1 Å². The summed E-state index contributed by atoms with van der Waals surface area (Å²) in [4.78, 5) is 0. The van der Waals surface area contributed by atoms with Gasteiger partial charge in [0.05, 0.1) is 0 Å². The Morgan fingerprint density at radius 1 is 0.762 bits per heavy atom. The standard InChI is InChI=1S/C20H25B/c1-2-3-4-5-6-7-11-16-12-10-14-18-17-13-8-9-15-19(17)21-20(16)18/h8-10,12-15,21H,2-7,11H2,1H3. The van der Waals surface area contributed by atoms with Crippen LogP contribution in [0.1, 0.15) is 51.0 Å². The highest BCUT2D eigenvalue weighted by Gasteiger charge is 2.20. The molecule has 0 aromatic heterocycles. The fraction of sp³-hybridized carbons (Fsp3) is 0.400. The highest BCUT2D eigenvalue weighted by atomic mass is 14.1. The number of fused-ring (bicyclic) bond motifs is 3. The van der Waals surface area contributed by atoms with E-state index >= 15 is 0 Å². The molecule has 0 unspecified atom stereocenters. The number of unbranched alkanes of at least 4 members (excludes halogenated alkanes) is 5. The molecule has 0 amide bonds. The molecule has 2 aromatic carbocycles. The molecule has 1 heterocycles. The number of hydrogen-bond acceptors (Lipinski definition) is 0. The second-order valence-corrected chi connectivity index (χ2v) is 6.29. The molecule has 3 rings (SSSR count). The zero-order valence-corrected chi connectivity index (χ0v) is 13.2. The SMILES string of the molecule is CCCCCCCCc1cccc2c1Bc1ccccc1-2. The van der Waals surface area contributed by atoms with Gasteiger partial charge in [0.25, 0.3) is 0 Å². The van der Waals surface area contributed by atoms with E-state index < -0.39 is 0 Å². The lowest BCUT2D eigenvalue weighted by atomic mass is 9.66. The van der Waals surface area contributed by atoms with Crippen LogP contribution >= 0.6 is 0 Å². The molecule has 1 aliphatic rings. The van der Waals surface area contributed by atoms with Crippen LogP contribution in [-0.2, 0) is 6.42 Å². The van der Waals surface area contributed by atoms with Gasteiger partial charge >= 0.3 is 0 Å². The highest BCUT2D eigenvalue weighted by Crippen LogP contribution is 2.22. The van der Waals surface area contributed by atoms with Gasteiger partial charge in [0.1, 0.15) is 0 Å². The van der Waals surface area contributed by atoms with Crippen LogP contribution in [0.4, 0.5) is 0 Å². The summed E-state index contributed by atoms with van der Waals surface area (Å²) in [6.45, 7) is 2.28. The molecule has 0 atom stereocenters. The fourth-order valence-electron chi connectivity index (χ4n) is 3.55. The van der Waals surface area contributed by atoms with Crippen LogP contribution in [0.15, 0.2) is 42.5 Å². The Hall–Kier alpha value is -1.50. The Balaban J connectivity index is 1.64. The predicted octanol–water partition coefficient (Wildman–Crippen LogP) is 3.96. The maximum atomic E-state index is 2.34. The first kappa shape index (κ1) is 14.4. The minimum Gasteiger partial charge on any atom is -0.0709 e. The van der Waals surface area contributed by atoms with Gasteiger partial charge in [-0.1, -0.05) is 98.0 Å². The van der Waals surface area contributed by atoms with Crippen molar-refractivity contribution in [1.82, 2.24) is 0 Å². The molecule has 0 saturated heterocycles. The summed E-state index contributed by atoms with van der Waals surface area (Å²) in [5, 5.41) is 0. The first-order valence-electron chi connectivity index (χ1n) is 8.59. The molecule has 0 fully saturated rings. The molecule has 0 saturated carbocycles. The van der Waals surface area contributed by atoms with E-state index in [1.165, 1.54) is 61.5 Å². The van der Waals surface area contributed by atoms with E-state index in [0.717, 1.165) is 7.28 Å². The third kappa shape index (κ3) is 3.23. The van der Waals surface area contributed by atoms with Crippen molar-refractivity contribution in [2.24, 2.45) is 0 Å². The largest absolute Gasteiger partial charge is 0.194 e. The zero-order valence-electron chi connectivity index (χ0n) is 13.2. The van der Waals surface area contributed by atoms with E-state index in [9.17, 15) is 0 Å². The minimum absolute atomic E-state index is 1.14. The summed E-state index contributed by atoms with van der Waals surface area (Å²) in [7, 11) is 1.14.